The van der Waals surface area contributed by atoms with E-state index in [1.54, 1.807) is 0 Å². The van der Waals surface area contributed by atoms with E-state index in [0.717, 1.165) is 31.1 Å². The van der Waals surface area contributed by atoms with Gasteiger partial charge in [0.05, 0.1) is 0 Å². The number of unbranched alkanes of at least 4 members (excludes halogenated alkanes) is 4. The third-order valence-electron chi connectivity index (χ3n) is 3.14. The van der Waals surface area contributed by atoms with Crippen LogP contribution in [0, 0.1) is 5.92 Å². The van der Waals surface area contributed by atoms with Crippen molar-refractivity contribution in [2.75, 3.05) is 19.0 Å². The van der Waals surface area contributed by atoms with E-state index < -0.39 is 9.76 Å². The number of hydrogen-bond donors (Lipinski definition) is 1. The van der Waals surface area contributed by atoms with E-state index >= 15 is 0 Å². The van der Waals surface area contributed by atoms with Gasteiger partial charge in [-0.05, 0) is 18.9 Å². The molecule has 1 unspecified atom stereocenters. The van der Waals surface area contributed by atoms with Gasteiger partial charge < -0.3 is 9.53 Å². The second kappa shape index (κ2) is 15.5. The van der Waals surface area contributed by atoms with Crippen LogP contribution >= 0.6 is 11.8 Å². The summed E-state index contributed by atoms with van der Waals surface area (Å²) in [6, 6.07) is 1.13. The van der Waals surface area contributed by atoms with E-state index in [0.29, 0.717) is 11.7 Å². The molecule has 0 aromatic carbocycles. The van der Waals surface area contributed by atoms with E-state index in [2.05, 4.69) is 6.92 Å². The quantitative estimate of drug-likeness (QED) is 0.394. The second-order valence-corrected chi connectivity index (χ2v) is 8.13. The fraction of sp³-hybridized carbons (Fsp3) is 0.933. The van der Waals surface area contributed by atoms with Gasteiger partial charge in [-0.1, -0.05) is 51.3 Å². The van der Waals surface area contributed by atoms with E-state index in [1.165, 1.54) is 37.4 Å². The molecule has 5 heteroatoms. The number of carbonyl (C=O) groups excluding carboxylic acids is 1. The molecule has 0 fully saturated rings. The first kappa shape index (κ1) is 20.2. The minimum absolute atomic E-state index is 0.205. The smallest absolute Gasteiger partial charge is 0.188 e. The predicted molar refractivity (Wildman–Crippen MR) is 91.0 cm³/mol. The average Bonchev–Trinajstić information content (AvgIpc) is 2.45. The molecule has 0 rings (SSSR count). The summed E-state index contributed by atoms with van der Waals surface area (Å²) in [6.07, 6.45) is 7.91. The first-order valence-corrected chi connectivity index (χ1v) is 10.6. The normalized spacial score (nSPS) is 13.2. The number of rotatable bonds is 14. The maximum Gasteiger partial charge on any atom is 0.188 e. The molecule has 0 heterocycles. The molecule has 0 bridgehead atoms. The molecule has 0 saturated carbocycles. The van der Waals surface area contributed by atoms with E-state index in [-0.39, 0.29) is 12.5 Å². The lowest BCUT2D eigenvalue weighted by Gasteiger charge is -2.08. The molecular formula is C15H32O3SSi. The summed E-state index contributed by atoms with van der Waals surface area (Å²) in [5, 5.41) is 9.21. The Morgan fingerprint density at radius 3 is 2.70 bits per heavy atom. The third-order valence-corrected chi connectivity index (χ3v) is 5.48. The molecule has 120 valence electrons. The van der Waals surface area contributed by atoms with Gasteiger partial charge in [0.2, 0.25) is 0 Å². The van der Waals surface area contributed by atoms with Crippen LogP contribution in [-0.4, -0.2) is 39.0 Å². The van der Waals surface area contributed by atoms with E-state index in [9.17, 15) is 4.79 Å². The lowest BCUT2D eigenvalue weighted by atomic mass is 10.1. The van der Waals surface area contributed by atoms with Crippen molar-refractivity contribution in [2.45, 2.75) is 64.8 Å². The highest BCUT2D eigenvalue weighted by molar-refractivity contribution is 8.13. The molecule has 1 N–H and O–H groups in total. The summed E-state index contributed by atoms with van der Waals surface area (Å²) in [4.78, 5) is 11.6. The molecule has 20 heavy (non-hydrogen) atoms. The van der Waals surface area contributed by atoms with Crippen LogP contribution in [0.25, 0.3) is 0 Å². The average molecular weight is 321 g/mol. The van der Waals surface area contributed by atoms with Gasteiger partial charge >= 0.3 is 0 Å². The first-order chi connectivity index (χ1) is 9.70. The first-order valence-electron chi connectivity index (χ1n) is 8.05. The maximum atomic E-state index is 11.6. The monoisotopic (exact) mass is 320 g/mol. The Labute approximate surface area is 131 Å². The number of hydrogen-bond acceptors (Lipinski definition) is 4. The molecule has 0 aliphatic carbocycles. The van der Waals surface area contributed by atoms with Gasteiger partial charge in [-0.3, -0.25) is 4.79 Å². The molecule has 3 nitrogen and oxygen atoms in total. The Hall–Kier alpha value is 0.157. The number of carbonyl (C=O) groups is 1. The van der Waals surface area contributed by atoms with Gasteiger partial charge in [0, 0.05) is 31.3 Å². The maximum absolute atomic E-state index is 11.6. The molecule has 0 radical (unpaired) electrons. The van der Waals surface area contributed by atoms with Gasteiger partial charge in [-0.15, -0.1) is 0 Å². The minimum atomic E-state index is -0.447. The fourth-order valence-electron chi connectivity index (χ4n) is 1.77. The van der Waals surface area contributed by atoms with Crippen LogP contribution in [0.2, 0.25) is 6.04 Å². The van der Waals surface area contributed by atoms with Crippen LogP contribution in [0.1, 0.15) is 58.8 Å². The van der Waals surface area contributed by atoms with E-state index in [4.69, 9.17) is 9.53 Å². The lowest BCUT2D eigenvalue weighted by molar-refractivity contribution is -0.111. The Morgan fingerprint density at radius 1 is 1.25 bits per heavy atom. The van der Waals surface area contributed by atoms with Gasteiger partial charge in [0.15, 0.2) is 14.9 Å². The Kier molecular flexibility index (Phi) is 15.7. The molecule has 0 aromatic rings. The number of aliphatic hydroxyl groups excluding tert-OH is 1. The zero-order valence-electron chi connectivity index (χ0n) is 13.2. The lowest BCUT2D eigenvalue weighted by Crippen LogP contribution is -2.12. The van der Waals surface area contributed by atoms with Gasteiger partial charge in [0.25, 0.3) is 0 Å². The summed E-state index contributed by atoms with van der Waals surface area (Å²) in [5.41, 5.74) is 0. The molecule has 0 aliphatic rings. The van der Waals surface area contributed by atoms with Crippen molar-refractivity contribution >= 4 is 26.6 Å². The highest BCUT2D eigenvalue weighted by atomic mass is 32.2. The SMILES string of the molecule is CCCCCCCC(=O)SCCC[SiH2]OCC(C)CO. The summed E-state index contributed by atoms with van der Waals surface area (Å²) in [6.45, 7) is 5.09. The molecule has 0 saturated heterocycles. The van der Waals surface area contributed by atoms with Crippen LogP contribution < -0.4 is 0 Å². The van der Waals surface area contributed by atoms with Crippen LogP contribution in [0.15, 0.2) is 0 Å². The van der Waals surface area contributed by atoms with Crippen molar-refractivity contribution in [3.8, 4) is 0 Å². The van der Waals surface area contributed by atoms with Crippen molar-refractivity contribution in [3.63, 3.8) is 0 Å². The summed E-state index contributed by atoms with van der Waals surface area (Å²) in [5.74, 6) is 1.20. The van der Waals surface area contributed by atoms with Crippen molar-refractivity contribution in [3.05, 3.63) is 0 Å². The number of thioether (sulfide) groups is 1. The highest BCUT2D eigenvalue weighted by Gasteiger charge is 2.03. The van der Waals surface area contributed by atoms with Crippen LogP contribution in [0.3, 0.4) is 0 Å². The van der Waals surface area contributed by atoms with Gasteiger partial charge in [-0.2, -0.15) is 0 Å². The minimum Gasteiger partial charge on any atom is -0.424 e. The highest BCUT2D eigenvalue weighted by Crippen LogP contribution is 2.13. The van der Waals surface area contributed by atoms with Crippen LogP contribution in [-0.2, 0) is 9.22 Å². The molecule has 1 atom stereocenters. The summed E-state index contributed by atoms with van der Waals surface area (Å²) >= 11 is 1.50. The van der Waals surface area contributed by atoms with Crippen LogP contribution in [0.4, 0.5) is 0 Å². The molecule has 0 spiro atoms. The molecule has 0 amide bonds. The molecule has 0 aliphatic heterocycles. The van der Waals surface area contributed by atoms with Crippen molar-refractivity contribution < 1.29 is 14.3 Å². The standard InChI is InChI=1S/C15H32O3SSi/c1-3-4-5-6-7-9-15(17)19-10-8-11-20-18-13-14(2)12-16/h14,16H,3-13,20H2,1-2H3. The van der Waals surface area contributed by atoms with Crippen molar-refractivity contribution in [1.82, 2.24) is 0 Å². The third kappa shape index (κ3) is 14.6. The largest absolute Gasteiger partial charge is 0.424 e. The zero-order chi connectivity index (χ0) is 15.1. The van der Waals surface area contributed by atoms with Crippen molar-refractivity contribution in [1.29, 1.82) is 0 Å². The van der Waals surface area contributed by atoms with Gasteiger partial charge in [-0.25, -0.2) is 0 Å². The Balaban J connectivity index is 3.19. The summed E-state index contributed by atoms with van der Waals surface area (Å²) < 4.78 is 5.58. The van der Waals surface area contributed by atoms with Crippen LogP contribution in [0.5, 0.6) is 0 Å². The fourth-order valence-corrected chi connectivity index (χ4v) is 4.23. The van der Waals surface area contributed by atoms with Crippen molar-refractivity contribution in [2.24, 2.45) is 5.92 Å². The predicted octanol–water partition coefficient (Wildman–Crippen LogP) is 3.14. The summed E-state index contributed by atoms with van der Waals surface area (Å²) in [7, 11) is -0.447. The Morgan fingerprint density at radius 2 is 2.00 bits per heavy atom. The van der Waals surface area contributed by atoms with E-state index in [1.807, 2.05) is 6.92 Å². The molecular weight excluding hydrogens is 288 g/mol. The topological polar surface area (TPSA) is 46.5 Å². The molecule has 0 aromatic heterocycles. The zero-order valence-corrected chi connectivity index (χ0v) is 15.5. The number of aliphatic hydroxyl groups is 1. The second-order valence-electron chi connectivity index (χ2n) is 5.45. The Bertz CT molecular complexity index is 227. The van der Waals surface area contributed by atoms with Gasteiger partial charge in [0.1, 0.15) is 0 Å².